The molecule has 2 heteroatoms. The summed E-state index contributed by atoms with van der Waals surface area (Å²) in [5, 5.41) is 3.42. The van der Waals surface area contributed by atoms with Crippen LogP contribution in [0.25, 0.3) is 0 Å². The van der Waals surface area contributed by atoms with E-state index in [9.17, 15) is 0 Å². The number of nitrogens with one attached hydrogen (secondary N) is 1. The molecule has 0 saturated heterocycles. The maximum Gasteiger partial charge on any atom is 0.122 e. The van der Waals surface area contributed by atoms with Crippen LogP contribution in [0, 0.1) is 0 Å². The number of fused-ring (bicyclic) bond motifs is 1. The summed E-state index contributed by atoms with van der Waals surface area (Å²) in [5.74, 6) is 1.41. The quantitative estimate of drug-likeness (QED) is 0.888. The number of ether oxygens (including phenoxy) is 1. The van der Waals surface area contributed by atoms with Crippen molar-refractivity contribution in [2.24, 2.45) is 0 Å². The Morgan fingerprint density at radius 1 is 1.06 bits per heavy atom. The van der Waals surface area contributed by atoms with E-state index in [-0.39, 0.29) is 0 Å². The van der Waals surface area contributed by atoms with E-state index in [0.717, 1.165) is 12.4 Å². The van der Waals surface area contributed by atoms with Crippen molar-refractivity contribution in [1.29, 1.82) is 0 Å². The van der Waals surface area contributed by atoms with Crippen LogP contribution in [0.4, 0.5) is 0 Å². The average molecular weight is 239 g/mol. The van der Waals surface area contributed by atoms with Gasteiger partial charge in [0.05, 0.1) is 6.61 Å². The van der Waals surface area contributed by atoms with Crippen LogP contribution in [-0.2, 0) is 0 Å². The van der Waals surface area contributed by atoms with Crippen LogP contribution in [0.5, 0.6) is 5.75 Å². The first kappa shape index (κ1) is 11.3. The molecule has 2 nitrogen and oxygen atoms in total. The van der Waals surface area contributed by atoms with Crippen LogP contribution in [0.2, 0.25) is 0 Å². The highest BCUT2D eigenvalue weighted by atomic mass is 16.5. The number of hydrogen-bond acceptors (Lipinski definition) is 2. The van der Waals surface area contributed by atoms with Crippen molar-refractivity contribution >= 4 is 0 Å². The first-order valence-electron chi connectivity index (χ1n) is 6.34. The molecule has 3 rings (SSSR count). The number of benzene rings is 2. The van der Waals surface area contributed by atoms with E-state index in [2.05, 4.69) is 47.8 Å². The van der Waals surface area contributed by atoms with Crippen molar-refractivity contribution < 1.29 is 4.74 Å². The van der Waals surface area contributed by atoms with Crippen LogP contribution in [-0.4, -0.2) is 13.7 Å². The summed E-state index contributed by atoms with van der Waals surface area (Å²) in [5.41, 5.74) is 2.62. The standard InChI is InChI=1S/C16H17NO/c1-17-16(12-7-3-2-4-8-12)14-11-18-15-10-6-5-9-13(14)15/h2-10,14,16-17H,11H2,1H3. The van der Waals surface area contributed by atoms with Gasteiger partial charge in [0.15, 0.2) is 0 Å². The van der Waals surface area contributed by atoms with Crippen LogP contribution in [0.15, 0.2) is 54.6 Å². The summed E-state index contributed by atoms with van der Waals surface area (Å²) < 4.78 is 5.78. The molecule has 0 bridgehead atoms. The minimum atomic E-state index is 0.301. The van der Waals surface area contributed by atoms with E-state index in [0.29, 0.717) is 12.0 Å². The normalized spacial score (nSPS) is 19.1. The molecule has 0 saturated carbocycles. The lowest BCUT2D eigenvalue weighted by Gasteiger charge is -2.22. The lowest BCUT2D eigenvalue weighted by molar-refractivity contribution is 0.304. The molecule has 18 heavy (non-hydrogen) atoms. The molecule has 2 aromatic carbocycles. The third-order valence-corrected chi connectivity index (χ3v) is 3.61. The van der Waals surface area contributed by atoms with Crippen molar-refractivity contribution in [3.63, 3.8) is 0 Å². The lowest BCUT2D eigenvalue weighted by Crippen LogP contribution is -2.24. The molecule has 2 aromatic rings. The largest absolute Gasteiger partial charge is 0.493 e. The molecule has 0 amide bonds. The third-order valence-electron chi connectivity index (χ3n) is 3.61. The predicted octanol–water partition coefficient (Wildman–Crippen LogP) is 3.12. The Kier molecular flexibility index (Phi) is 3.03. The second kappa shape index (κ2) is 4.83. The lowest BCUT2D eigenvalue weighted by atomic mass is 9.89. The third kappa shape index (κ3) is 1.89. The monoisotopic (exact) mass is 239 g/mol. The first-order valence-corrected chi connectivity index (χ1v) is 6.34. The summed E-state index contributed by atoms with van der Waals surface area (Å²) in [4.78, 5) is 0. The van der Waals surface area contributed by atoms with Gasteiger partial charge in [-0.25, -0.2) is 0 Å². The van der Waals surface area contributed by atoms with Gasteiger partial charge >= 0.3 is 0 Å². The molecular weight excluding hydrogens is 222 g/mol. The van der Waals surface area contributed by atoms with Gasteiger partial charge in [0.25, 0.3) is 0 Å². The predicted molar refractivity (Wildman–Crippen MR) is 72.9 cm³/mol. The highest BCUT2D eigenvalue weighted by Gasteiger charge is 2.31. The smallest absolute Gasteiger partial charge is 0.122 e. The SMILES string of the molecule is CNC(c1ccccc1)C1COc2ccccc21. The Bertz CT molecular complexity index is 524. The molecule has 2 unspecified atom stereocenters. The number of likely N-dealkylation sites (N-methyl/N-ethyl adjacent to an activating group) is 1. The van der Waals surface area contributed by atoms with E-state index in [1.165, 1.54) is 11.1 Å². The minimum Gasteiger partial charge on any atom is -0.493 e. The Labute approximate surface area is 108 Å². The molecule has 1 aliphatic rings. The molecule has 0 radical (unpaired) electrons. The average Bonchev–Trinajstić information content (AvgIpc) is 2.85. The zero-order chi connectivity index (χ0) is 12.4. The highest BCUT2D eigenvalue weighted by molar-refractivity contribution is 5.42. The number of para-hydroxylation sites is 1. The Morgan fingerprint density at radius 2 is 1.78 bits per heavy atom. The first-order chi connectivity index (χ1) is 8.90. The second-order valence-electron chi connectivity index (χ2n) is 4.63. The molecule has 0 fully saturated rings. The number of hydrogen-bond donors (Lipinski definition) is 1. The fraction of sp³-hybridized carbons (Fsp3) is 0.250. The van der Waals surface area contributed by atoms with Crippen molar-refractivity contribution in [3.8, 4) is 5.75 Å². The van der Waals surface area contributed by atoms with Gasteiger partial charge in [-0.3, -0.25) is 0 Å². The fourth-order valence-corrected chi connectivity index (χ4v) is 2.72. The van der Waals surface area contributed by atoms with Gasteiger partial charge in [0.2, 0.25) is 0 Å². The molecule has 92 valence electrons. The van der Waals surface area contributed by atoms with E-state index in [4.69, 9.17) is 4.74 Å². The Morgan fingerprint density at radius 3 is 2.56 bits per heavy atom. The molecule has 1 heterocycles. The molecular formula is C16H17NO. The van der Waals surface area contributed by atoms with Gasteiger partial charge in [-0.05, 0) is 18.7 Å². The van der Waals surface area contributed by atoms with Gasteiger partial charge in [0.1, 0.15) is 5.75 Å². The molecule has 0 aromatic heterocycles. The number of rotatable bonds is 3. The zero-order valence-corrected chi connectivity index (χ0v) is 10.5. The summed E-state index contributed by atoms with van der Waals surface area (Å²) in [6.45, 7) is 0.750. The molecule has 2 atom stereocenters. The minimum absolute atomic E-state index is 0.301. The van der Waals surface area contributed by atoms with Crippen LogP contribution in [0.3, 0.4) is 0 Å². The van der Waals surface area contributed by atoms with Crippen molar-refractivity contribution in [3.05, 3.63) is 65.7 Å². The molecule has 0 aliphatic carbocycles. The fourth-order valence-electron chi connectivity index (χ4n) is 2.72. The van der Waals surface area contributed by atoms with Crippen LogP contribution < -0.4 is 10.1 Å². The maximum absolute atomic E-state index is 5.78. The van der Waals surface area contributed by atoms with Crippen LogP contribution >= 0.6 is 0 Å². The second-order valence-corrected chi connectivity index (χ2v) is 4.63. The van der Waals surface area contributed by atoms with Crippen molar-refractivity contribution in [2.45, 2.75) is 12.0 Å². The Balaban J connectivity index is 1.95. The molecule has 0 spiro atoms. The van der Waals surface area contributed by atoms with E-state index in [1.54, 1.807) is 0 Å². The van der Waals surface area contributed by atoms with Gasteiger partial charge in [-0.1, -0.05) is 48.5 Å². The Hall–Kier alpha value is -1.80. The van der Waals surface area contributed by atoms with Gasteiger partial charge in [0, 0.05) is 17.5 Å². The van der Waals surface area contributed by atoms with Crippen LogP contribution in [0.1, 0.15) is 23.1 Å². The summed E-state index contributed by atoms with van der Waals surface area (Å²) in [6.07, 6.45) is 0. The highest BCUT2D eigenvalue weighted by Crippen LogP contribution is 2.40. The topological polar surface area (TPSA) is 21.3 Å². The van der Waals surface area contributed by atoms with Gasteiger partial charge in [-0.15, -0.1) is 0 Å². The summed E-state index contributed by atoms with van der Waals surface area (Å²) in [7, 11) is 2.01. The van der Waals surface area contributed by atoms with E-state index >= 15 is 0 Å². The van der Waals surface area contributed by atoms with Crippen molar-refractivity contribution in [2.75, 3.05) is 13.7 Å². The van der Waals surface area contributed by atoms with E-state index < -0.39 is 0 Å². The van der Waals surface area contributed by atoms with Crippen molar-refractivity contribution in [1.82, 2.24) is 5.32 Å². The zero-order valence-electron chi connectivity index (χ0n) is 10.5. The van der Waals surface area contributed by atoms with E-state index in [1.807, 2.05) is 19.2 Å². The molecule has 1 N–H and O–H groups in total. The maximum atomic E-state index is 5.78. The summed E-state index contributed by atoms with van der Waals surface area (Å²) in [6, 6.07) is 19.2. The van der Waals surface area contributed by atoms with Gasteiger partial charge in [-0.2, -0.15) is 0 Å². The van der Waals surface area contributed by atoms with Gasteiger partial charge < -0.3 is 10.1 Å². The summed E-state index contributed by atoms with van der Waals surface area (Å²) >= 11 is 0. The molecule has 1 aliphatic heterocycles.